The van der Waals surface area contributed by atoms with Gasteiger partial charge in [-0.25, -0.2) is 4.79 Å². The Kier molecular flexibility index (Phi) is 2.29. The summed E-state index contributed by atoms with van der Waals surface area (Å²) in [6, 6.07) is 5.65. The summed E-state index contributed by atoms with van der Waals surface area (Å²) >= 11 is 1.41. The minimum Gasteiger partial charge on any atom is -0.462 e. The number of hydrogen-bond acceptors (Lipinski definition) is 5. The van der Waals surface area contributed by atoms with Crippen molar-refractivity contribution in [2.24, 2.45) is 0 Å². The zero-order valence-electron chi connectivity index (χ0n) is 9.06. The van der Waals surface area contributed by atoms with Crippen LogP contribution >= 0.6 is 11.3 Å². The number of aromatic nitrogens is 3. The minimum atomic E-state index is -0.277. The van der Waals surface area contributed by atoms with E-state index in [2.05, 4.69) is 15.4 Å². The Labute approximate surface area is 100 Å². The molecule has 3 rings (SSSR count). The lowest BCUT2D eigenvalue weighted by Crippen LogP contribution is -2.01. The number of carbonyl (C=O) groups is 1. The van der Waals surface area contributed by atoms with Crippen LogP contribution in [0.2, 0.25) is 0 Å². The van der Waals surface area contributed by atoms with E-state index in [9.17, 15) is 4.79 Å². The van der Waals surface area contributed by atoms with Crippen molar-refractivity contribution in [2.45, 2.75) is 6.92 Å². The molecule has 0 saturated carbocycles. The molecule has 2 aromatic heterocycles. The molecule has 0 bridgehead atoms. The van der Waals surface area contributed by atoms with E-state index in [1.54, 1.807) is 6.92 Å². The number of nitrogens with one attached hydrogen (secondary N) is 1. The normalized spacial score (nSPS) is 11.1. The number of hydrogen-bond donors (Lipinski definition) is 1. The smallest absolute Gasteiger partial charge is 0.348 e. The summed E-state index contributed by atoms with van der Waals surface area (Å²) < 4.78 is 5.98. The number of carbonyl (C=O) groups excluding carboxylic acids is 1. The molecule has 0 amide bonds. The van der Waals surface area contributed by atoms with Crippen LogP contribution < -0.4 is 0 Å². The Morgan fingerprint density at radius 3 is 2.88 bits per heavy atom. The molecule has 0 fully saturated rings. The lowest BCUT2D eigenvalue weighted by Gasteiger charge is -1.95. The molecule has 0 atom stereocenters. The van der Waals surface area contributed by atoms with Crippen LogP contribution in [-0.4, -0.2) is 28.0 Å². The van der Waals surface area contributed by atoms with Crippen molar-refractivity contribution in [3.8, 4) is 0 Å². The summed E-state index contributed by atoms with van der Waals surface area (Å²) in [5, 5.41) is 11.6. The highest BCUT2D eigenvalue weighted by molar-refractivity contribution is 7.20. The van der Waals surface area contributed by atoms with Crippen molar-refractivity contribution in [2.75, 3.05) is 6.61 Å². The second-order valence-electron chi connectivity index (χ2n) is 3.53. The van der Waals surface area contributed by atoms with Crippen molar-refractivity contribution in [3.63, 3.8) is 0 Å². The summed E-state index contributed by atoms with van der Waals surface area (Å²) in [5.41, 5.74) is 1.60. The number of esters is 1. The van der Waals surface area contributed by atoms with Gasteiger partial charge in [0.2, 0.25) is 0 Å². The van der Waals surface area contributed by atoms with Crippen LogP contribution in [0.5, 0.6) is 0 Å². The van der Waals surface area contributed by atoms with E-state index in [0.717, 1.165) is 21.1 Å². The van der Waals surface area contributed by atoms with E-state index >= 15 is 0 Å². The third-order valence-corrected chi connectivity index (χ3v) is 3.51. The van der Waals surface area contributed by atoms with Gasteiger partial charge >= 0.3 is 5.97 Å². The highest BCUT2D eigenvalue weighted by Crippen LogP contribution is 2.28. The number of H-pyrrole nitrogens is 1. The highest BCUT2D eigenvalue weighted by Gasteiger charge is 2.12. The monoisotopic (exact) mass is 247 g/mol. The molecule has 0 spiro atoms. The van der Waals surface area contributed by atoms with Gasteiger partial charge in [0.15, 0.2) is 0 Å². The first-order chi connectivity index (χ1) is 8.28. The first kappa shape index (κ1) is 10.2. The summed E-state index contributed by atoms with van der Waals surface area (Å²) in [4.78, 5) is 12.2. The molecule has 3 aromatic rings. The third kappa shape index (κ3) is 1.66. The summed E-state index contributed by atoms with van der Waals surface area (Å²) in [6.45, 7) is 2.18. The fraction of sp³-hybridized carbons (Fsp3) is 0.182. The zero-order valence-corrected chi connectivity index (χ0v) is 9.87. The molecule has 0 radical (unpaired) electrons. The number of rotatable bonds is 2. The number of thiophene rings is 1. The zero-order chi connectivity index (χ0) is 11.8. The summed E-state index contributed by atoms with van der Waals surface area (Å²) in [6.07, 6.45) is 0. The second-order valence-corrected chi connectivity index (χ2v) is 4.62. The van der Waals surface area contributed by atoms with E-state index in [4.69, 9.17) is 4.74 Å². The van der Waals surface area contributed by atoms with Gasteiger partial charge in [0.25, 0.3) is 0 Å². The van der Waals surface area contributed by atoms with Gasteiger partial charge in [-0.3, -0.25) is 0 Å². The lowest BCUT2D eigenvalue weighted by atomic mass is 10.2. The maximum Gasteiger partial charge on any atom is 0.348 e. The molecule has 2 heterocycles. The molecule has 17 heavy (non-hydrogen) atoms. The van der Waals surface area contributed by atoms with Crippen LogP contribution in [0.15, 0.2) is 18.2 Å². The molecular weight excluding hydrogens is 238 g/mol. The Morgan fingerprint density at radius 1 is 1.35 bits per heavy atom. The van der Waals surface area contributed by atoms with Crippen molar-refractivity contribution >= 4 is 38.4 Å². The average Bonchev–Trinajstić information content (AvgIpc) is 2.90. The summed E-state index contributed by atoms with van der Waals surface area (Å²) in [5.74, 6) is -0.277. The molecule has 0 saturated heterocycles. The Morgan fingerprint density at radius 2 is 2.12 bits per heavy atom. The van der Waals surface area contributed by atoms with E-state index < -0.39 is 0 Å². The van der Waals surface area contributed by atoms with Crippen LogP contribution in [0.4, 0.5) is 0 Å². The van der Waals surface area contributed by atoms with E-state index in [1.165, 1.54) is 11.3 Å². The number of ether oxygens (including phenoxy) is 1. The standard InChI is InChI=1S/C11H9N3O2S/c1-2-16-11(15)10-4-6-3-7-8(13-14-12-7)5-9(6)17-10/h3-5H,2H2,1H3,(H,12,13,14). The molecule has 0 unspecified atom stereocenters. The van der Waals surface area contributed by atoms with Gasteiger partial charge in [-0.05, 0) is 30.5 Å². The van der Waals surface area contributed by atoms with Crippen molar-refractivity contribution in [1.82, 2.24) is 15.4 Å². The Bertz CT molecular complexity index is 653. The number of fused-ring (bicyclic) bond motifs is 2. The first-order valence-electron chi connectivity index (χ1n) is 5.19. The largest absolute Gasteiger partial charge is 0.462 e. The molecule has 86 valence electrons. The third-order valence-electron chi connectivity index (χ3n) is 2.43. The highest BCUT2D eigenvalue weighted by atomic mass is 32.1. The van der Waals surface area contributed by atoms with Gasteiger partial charge in [0.1, 0.15) is 15.9 Å². The number of nitrogens with zero attached hydrogens (tertiary/aromatic N) is 2. The van der Waals surface area contributed by atoms with Gasteiger partial charge in [0, 0.05) is 4.70 Å². The van der Waals surface area contributed by atoms with Gasteiger partial charge in [-0.1, -0.05) is 0 Å². The van der Waals surface area contributed by atoms with Crippen molar-refractivity contribution in [3.05, 3.63) is 23.1 Å². The van der Waals surface area contributed by atoms with E-state index in [1.807, 2.05) is 18.2 Å². The maximum atomic E-state index is 11.6. The van der Waals surface area contributed by atoms with Crippen LogP contribution in [0.1, 0.15) is 16.6 Å². The number of aromatic amines is 1. The van der Waals surface area contributed by atoms with E-state index in [-0.39, 0.29) is 5.97 Å². The molecular formula is C11H9N3O2S. The van der Waals surface area contributed by atoms with Crippen LogP contribution in [0.3, 0.4) is 0 Å². The fourth-order valence-corrected chi connectivity index (χ4v) is 2.65. The fourth-order valence-electron chi connectivity index (χ4n) is 1.68. The topological polar surface area (TPSA) is 67.9 Å². The van der Waals surface area contributed by atoms with Gasteiger partial charge in [-0.15, -0.1) is 11.3 Å². The minimum absolute atomic E-state index is 0.277. The average molecular weight is 247 g/mol. The Hall–Kier alpha value is -1.95. The molecule has 0 aliphatic rings. The molecule has 1 N–H and O–H groups in total. The number of benzene rings is 1. The van der Waals surface area contributed by atoms with Crippen LogP contribution in [0, 0.1) is 0 Å². The van der Waals surface area contributed by atoms with Gasteiger partial charge in [-0.2, -0.15) is 15.4 Å². The van der Waals surface area contributed by atoms with Gasteiger partial charge in [0.05, 0.1) is 6.61 Å². The molecule has 5 nitrogen and oxygen atoms in total. The van der Waals surface area contributed by atoms with Crippen molar-refractivity contribution in [1.29, 1.82) is 0 Å². The first-order valence-corrected chi connectivity index (χ1v) is 6.01. The molecule has 1 aromatic carbocycles. The van der Waals surface area contributed by atoms with Gasteiger partial charge < -0.3 is 4.74 Å². The predicted octanol–water partition coefficient (Wildman–Crippen LogP) is 2.35. The Balaban J connectivity index is 2.14. The van der Waals surface area contributed by atoms with E-state index in [0.29, 0.717) is 11.5 Å². The molecule has 6 heteroatoms. The second kappa shape index (κ2) is 3.81. The van der Waals surface area contributed by atoms with Crippen LogP contribution in [-0.2, 0) is 4.74 Å². The molecule has 0 aliphatic carbocycles. The SMILES string of the molecule is CCOC(=O)c1cc2cc3n[nH]nc3cc2s1. The quantitative estimate of drug-likeness (QED) is 0.706. The predicted molar refractivity (Wildman–Crippen MR) is 65.2 cm³/mol. The van der Waals surface area contributed by atoms with Crippen molar-refractivity contribution < 1.29 is 9.53 Å². The maximum absolute atomic E-state index is 11.6. The van der Waals surface area contributed by atoms with Crippen LogP contribution in [0.25, 0.3) is 21.1 Å². The molecule has 0 aliphatic heterocycles. The summed E-state index contributed by atoms with van der Waals surface area (Å²) in [7, 11) is 0. The lowest BCUT2D eigenvalue weighted by molar-refractivity contribution is 0.0532.